The van der Waals surface area contributed by atoms with Crippen molar-refractivity contribution in [3.63, 3.8) is 0 Å². The number of methoxy groups -OCH3 is 1. The molecule has 2 aliphatic carbocycles. The molecule has 17 heteroatoms. The molecule has 1 heterocycles. The number of aliphatic hydroxyl groups is 3. The molecule has 3 aromatic rings. The average Bonchev–Trinajstić information content (AvgIpc) is 3.32. The number of hydrogen-bond donors (Lipinski definition) is 3. The van der Waals surface area contributed by atoms with Crippen molar-refractivity contribution in [3.8, 4) is 23.0 Å². The van der Waals surface area contributed by atoms with Crippen molar-refractivity contribution < 1.29 is 63.1 Å². The Labute approximate surface area is 384 Å². The highest BCUT2D eigenvalue weighted by Gasteiger charge is 2.65. The molecule has 17 nitrogen and oxygen atoms in total. The van der Waals surface area contributed by atoms with Crippen molar-refractivity contribution in [2.75, 3.05) is 59.9 Å². The highest BCUT2D eigenvalue weighted by atomic mass is 16.7. The molecule has 1 amide bonds. The summed E-state index contributed by atoms with van der Waals surface area (Å²) < 4.78 is 37.5. The first-order valence-corrected chi connectivity index (χ1v) is 22.5. The van der Waals surface area contributed by atoms with Crippen LogP contribution in [0.4, 0.5) is 10.5 Å². The number of nitro groups is 1. The van der Waals surface area contributed by atoms with E-state index >= 15 is 0 Å². The van der Waals surface area contributed by atoms with Crippen LogP contribution in [-0.4, -0.2) is 115 Å². The number of fused-ring (bicyclic) bond motifs is 2. The number of ether oxygens (including phenoxy) is 6. The summed E-state index contributed by atoms with van der Waals surface area (Å²) in [6.07, 6.45) is 8.00. The van der Waals surface area contributed by atoms with Crippen LogP contribution in [0, 0.1) is 27.9 Å². The van der Waals surface area contributed by atoms with Crippen molar-refractivity contribution in [1.82, 2.24) is 4.90 Å². The fourth-order valence-corrected chi connectivity index (χ4v) is 9.52. The second-order valence-electron chi connectivity index (χ2n) is 16.3. The summed E-state index contributed by atoms with van der Waals surface area (Å²) in [6.45, 7) is 5.78. The van der Waals surface area contributed by atoms with Crippen LogP contribution in [0.25, 0.3) is 0 Å². The second kappa shape index (κ2) is 24.1. The molecule has 6 atom stereocenters. The van der Waals surface area contributed by atoms with Gasteiger partial charge in [0, 0.05) is 49.8 Å². The van der Waals surface area contributed by atoms with Crippen molar-refractivity contribution in [2.24, 2.45) is 22.9 Å². The Kier molecular flexibility index (Phi) is 18.1. The van der Waals surface area contributed by atoms with Crippen LogP contribution in [0.3, 0.4) is 0 Å². The Bertz CT molecular complexity index is 2180. The predicted molar refractivity (Wildman–Crippen MR) is 243 cm³/mol. The normalized spacial score (nSPS) is 22.2. The molecule has 356 valence electrons. The predicted octanol–water partition coefficient (Wildman–Crippen LogP) is 7.51. The molecule has 3 aliphatic rings. The number of non-ortho nitro benzene ring substituents is 1. The number of aliphatic hydroxyl groups excluding tert-OH is 3. The van der Waals surface area contributed by atoms with Crippen LogP contribution in [0.5, 0.6) is 23.0 Å². The standard InChI is InChI=1S/C49H61N3O14/c1-4-24-63-49-45(51(48(57)62-5-2)20-25-61-26-23-55)30-42(50-64-32-33-12-14-36(15-13-33)52(58)59)40-28-34(10-6-8-21-53)39(11-7-9-22-54)46(47(40)49)41-29-38(17-19-44(41)66-49)65-37-16-18-43(60-3)35(27-37)31-56/h4,12-19,27-29,31,34,39,45-47,53-55H,1,5-11,20-26,30,32H2,2-3H3/t34-,39+,45-,46+,47+,49+/m0/s1. The minimum absolute atomic E-state index is 0.0108. The van der Waals surface area contributed by atoms with Gasteiger partial charge >= 0.3 is 6.09 Å². The van der Waals surface area contributed by atoms with Crippen LogP contribution in [0.2, 0.25) is 0 Å². The Balaban J connectivity index is 1.57. The summed E-state index contributed by atoms with van der Waals surface area (Å²) in [5, 5.41) is 45.6. The van der Waals surface area contributed by atoms with E-state index in [1.807, 2.05) is 12.1 Å². The number of hydrogen-bond acceptors (Lipinski definition) is 15. The first kappa shape index (κ1) is 49.6. The third-order valence-electron chi connectivity index (χ3n) is 12.4. The minimum atomic E-state index is -1.58. The number of nitro benzene ring substituents is 1. The zero-order valence-corrected chi connectivity index (χ0v) is 37.6. The first-order chi connectivity index (χ1) is 32.2. The van der Waals surface area contributed by atoms with Crippen molar-refractivity contribution in [2.45, 2.75) is 76.2 Å². The fraction of sp³-hybridized carbons (Fsp3) is 0.490. The van der Waals surface area contributed by atoms with Gasteiger partial charge < -0.3 is 48.6 Å². The third-order valence-corrected chi connectivity index (χ3v) is 12.4. The van der Waals surface area contributed by atoms with Gasteiger partial charge in [-0.15, -0.1) is 6.58 Å². The molecule has 0 radical (unpaired) electrons. The number of amides is 1. The summed E-state index contributed by atoms with van der Waals surface area (Å²) in [5.41, 5.74) is 3.04. The van der Waals surface area contributed by atoms with Gasteiger partial charge in [0.05, 0.1) is 62.3 Å². The lowest BCUT2D eigenvalue weighted by Crippen LogP contribution is -2.70. The Morgan fingerprint density at radius 2 is 1.74 bits per heavy atom. The Morgan fingerprint density at radius 3 is 2.42 bits per heavy atom. The molecule has 1 saturated carbocycles. The van der Waals surface area contributed by atoms with Crippen molar-refractivity contribution in [1.29, 1.82) is 0 Å². The number of aldehydes is 1. The van der Waals surface area contributed by atoms with Gasteiger partial charge in [0.2, 0.25) is 5.79 Å². The molecule has 1 aliphatic heterocycles. The quantitative estimate of drug-likeness (QED) is 0.0234. The number of oxime groups is 1. The summed E-state index contributed by atoms with van der Waals surface area (Å²) in [4.78, 5) is 44.7. The summed E-state index contributed by atoms with van der Waals surface area (Å²) in [5.74, 6) is -0.950. The van der Waals surface area contributed by atoms with Gasteiger partial charge in [-0.05, 0) is 104 Å². The number of benzene rings is 3. The largest absolute Gasteiger partial charge is 0.496 e. The van der Waals surface area contributed by atoms with Crippen molar-refractivity contribution >= 4 is 23.8 Å². The summed E-state index contributed by atoms with van der Waals surface area (Å²) in [7, 11) is 1.49. The van der Waals surface area contributed by atoms with Crippen molar-refractivity contribution in [3.05, 3.63) is 112 Å². The zero-order chi connectivity index (χ0) is 47.1. The van der Waals surface area contributed by atoms with E-state index in [1.54, 1.807) is 49.4 Å². The Hall–Kier alpha value is -5.85. The number of unbranched alkanes of at least 4 members (excludes halogenated alkanes) is 2. The lowest BCUT2D eigenvalue weighted by atomic mass is 9.55. The lowest BCUT2D eigenvalue weighted by Gasteiger charge is -2.59. The van der Waals surface area contributed by atoms with Crippen LogP contribution < -0.4 is 14.2 Å². The van der Waals surface area contributed by atoms with E-state index < -0.39 is 28.8 Å². The molecule has 1 fully saturated rings. The molecule has 6 rings (SSSR count). The molecule has 3 aromatic carbocycles. The highest BCUT2D eigenvalue weighted by molar-refractivity contribution is 6.03. The molecule has 0 bridgehead atoms. The molecule has 0 saturated heterocycles. The van der Waals surface area contributed by atoms with Crippen LogP contribution >= 0.6 is 0 Å². The lowest BCUT2D eigenvalue weighted by molar-refractivity contribution is -0.384. The highest BCUT2D eigenvalue weighted by Crippen LogP contribution is 2.62. The third kappa shape index (κ3) is 11.4. The second-order valence-corrected chi connectivity index (χ2v) is 16.3. The van der Waals surface area contributed by atoms with Crippen LogP contribution in [0.15, 0.2) is 90.1 Å². The smallest absolute Gasteiger partial charge is 0.410 e. The van der Waals surface area contributed by atoms with E-state index in [9.17, 15) is 35.0 Å². The number of allylic oxidation sites excluding steroid dienone is 1. The average molecular weight is 916 g/mol. The molecular weight excluding hydrogens is 855 g/mol. The van der Waals surface area contributed by atoms with Gasteiger partial charge in [0.25, 0.3) is 5.69 Å². The molecule has 66 heavy (non-hydrogen) atoms. The minimum Gasteiger partial charge on any atom is -0.496 e. The zero-order valence-electron chi connectivity index (χ0n) is 37.6. The number of nitrogens with zero attached hydrogens (tertiary/aromatic N) is 3. The molecule has 0 aromatic heterocycles. The van der Waals surface area contributed by atoms with Gasteiger partial charge in [-0.1, -0.05) is 30.1 Å². The summed E-state index contributed by atoms with van der Waals surface area (Å²) >= 11 is 0. The molecule has 3 N–H and O–H groups in total. The number of carbonyl (C=O) groups excluding carboxylic acids is 2. The van der Waals surface area contributed by atoms with Crippen LogP contribution in [0.1, 0.15) is 79.3 Å². The SMILES string of the molecule is C=CCO[C@@]12Oc3ccc(Oc4ccc(OC)c(C=O)c4)cc3[C@H]3[C@H](CCCCO)[C@@H](CCCCO)C=C(C(=NOCc4ccc([N+](=O)[O-])cc4)C[C@@H]1N(CCOCCO)C(=O)OCC)[C@H]32. The number of rotatable bonds is 26. The Morgan fingerprint density at radius 1 is 1.00 bits per heavy atom. The van der Waals surface area contributed by atoms with E-state index in [0.29, 0.717) is 71.8 Å². The monoisotopic (exact) mass is 915 g/mol. The molecule has 0 spiro atoms. The van der Waals surface area contributed by atoms with Gasteiger partial charge in [-0.25, -0.2) is 4.79 Å². The first-order valence-electron chi connectivity index (χ1n) is 22.5. The van der Waals surface area contributed by atoms with Crippen LogP contribution in [-0.2, 0) is 25.7 Å². The van der Waals surface area contributed by atoms with E-state index in [4.69, 9.17) is 38.4 Å². The van der Waals surface area contributed by atoms with Gasteiger partial charge in [-0.2, -0.15) is 0 Å². The van der Waals surface area contributed by atoms with Gasteiger partial charge in [0.15, 0.2) is 6.29 Å². The maximum atomic E-state index is 14.3. The maximum absolute atomic E-state index is 14.3. The topological polar surface area (TPSA) is 218 Å². The van der Waals surface area contributed by atoms with E-state index in [1.165, 1.54) is 24.1 Å². The van der Waals surface area contributed by atoms with E-state index in [0.717, 1.165) is 24.0 Å². The maximum Gasteiger partial charge on any atom is 0.410 e. The molecule has 0 unspecified atom stereocenters. The number of carbonyl (C=O) groups is 2. The van der Waals surface area contributed by atoms with Gasteiger partial charge in [-0.3, -0.25) is 19.8 Å². The van der Waals surface area contributed by atoms with Gasteiger partial charge in [0.1, 0.15) is 35.6 Å². The van der Waals surface area contributed by atoms with E-state index in [-0.39, 0.29) is 89.3 Å². The fourth-order valence-electron chi connectivity index (χ4n) is 9.52. The van der Waals surface area contributed by atoms with E-state index in [2.05, 4.69) is 12.7 Å². The molecular formula is C49H61N3O14. The summed E-state index contributed by atoms with van der Waals surface area (Å²) in [6, 6.07) is 15.6.